The Kier molecular flexibility index (Phi) is 8.17. The van der Waals surface area contributed by atoms with Crippen LogP contribution in [0.3, 0.4) is 0 Å². The SMILES string of the molecule is c1ccc(-c2ccc(-c3ccc4c(c3)oc3c(-c5cccc(-c6ccc7c8ccccc8c8ccccc8c7c6)c5)nc(-c5cccc(-c6ccccc6)c5)nc34)cc2)cc1. The summed E-state index contributed by atoms with van der Waals surface area (Å²) in [6, 6.07) is 77.6. The van der Waals surface area contributed by atoms with E-state index in [9.17, 15) is 0 Å². The van der Waals surface area contributed by atoms with Crippen LogP contribution in [0.4, 0.5) is 0 Å². The quantitative estimate of drug-likeness (QED) is 0.158. The third kappa shape index (κ3) is 6.06. The summed E-state index contributed by atoms with van der Waals surface area (Å²) in [5.74, 6) is 0.651. The molecule has 61 heavy (non-hydrogen) atoms. The molecule has 12 rings (SSSR count). The van der Waals surface area contributed by atoms with Crippen molar-refractivity contribution in [1.29, 1.82) is 0 Å². The minimum atomic E-state index is 0.651. The summed E-state index contributed by atoms with van der Waals surface area (Å²) in [4.78, 5) is 10.6. The van der Waals surface area contributed by atoms with Crippen molar-refractivity contribution >= 4 is 54.4 Å². The van der Waals surface area contributed by atoms with E-state index >= 15 is 0 Å². The molecule has 3 heteroatoms. The summed E-state index contributed by atoms with van der Waals surface area (Å²) < 4.78 is 6.84. The second-order valence-electron chi connectivity index (χ2n) is 15.7. The van der Waals surface area contributed by atoms with Gasteiger partial charge in [0.05, 0.1) is 0 Å². The van der Waals surface area contributed by atoms with Crippen LogP contribution in [0.1, 0.15) is 0 Å². The van der Waals surface area contributed by atoms with Crippen LogP contribution in [0.15, 0.2) is 223 Å². The maximum atomic E-state index is 6.84. The molecule has 0 aliphatic heterocycles. The zero-order valence-electron chi connectivity index (χ0n) is 33.1. The van der Waals surface area contributed by atoms with Gasteiger partial charge in [-0.2, -0.15) is 0 Å². The van der Waals surface area contributed by atoms with Gasteiger partial charge in [-0.3, -0.25) is 0 Å². The molecule has 0 radical (unpaired) electrons. The molecule has 0 fully saturated rings. The normalized spacial score (nSPS) is 11.6. The van der Waals surface area contributed by atoms with Gasteiger partial charge in [-0.15, -0.1) is 0 Å². The van der Waals surface area contributed by atoms with Crippen LogP contribution in [0.25, 0.3) is 122 Å². The van der Waals surface area contributed by atoms with E-state index in [1.807, 2.05) is 12.1 Å². The van der Waals surface area contributed by atoms with Gasteiger partial charge in [0.15, 0.2) is 11.4 Å². The third-order valence-corrected chi connectivity index (χ3v) is 12.1. The highest BCUT2D eigenvalue weighted by atomic mass is 16.3. The van der Waals surface area contributed by atoms with E-state index in [1.165, 1.54) is 43.4 Å². The molecular formula is C58H36N2O. The van der Waals surface area contributed by atoms with E-state index in [-0.39, 0.29) is 0 Å². The van der Waals surface area contributed by atoms with Gasteiger partial charge in [0.2, 0.25) is 0 Å². The number of aromatic nitrogens is 2. The summed E-state index contributed by atoms with van der Waals surface area (Å²) in [5, 5.41) is 8.50. The maximum absolute atomic E-state index is 6.84. The molecule has 0 saturated carbocycles. The van der Waals surface area contributed by atoms with Crippen LogP contribution in [0.2, 0.25) is 0 Å². The first-order valence-electron chi connectivity index (χ1n) is 20.7. The monoisotopic (exact) mass is 776 g/mol. The van der Waals surface area contributed by atoms with Gasteiger partial charge in [0, 0.05) is 16.5 Å². The Labute approximate surface area is 352 Å². The van der Waals surface area contributed by atoms with Gasteiger partial charge < -0.3 is 4.42 Å². The van der Waals surface area contributed by atoms with Crippen LogP contribution < -0.4 is 0 Å². The number of nitrogens with zero attached hydrogens (tertiary/aromatic N) is 2. The van der Waals surface area contributed by atoms with Crippen molar-refractivity contribution in [2.75, 3.05) is 0 Å². The lowest BCUT2D eigenvalue weighted by atomic mass is 9.91. The first kappa shape index (κ1) is 34.9. The fourth-order valence-electron chi connectivity index (χ4n) is 9.03. The Morgan fingerprint density at radius 3 is 1.33 bits per heavy atom. The molecule has 2 aromatic heterocycles. The molecule has 12 aromatic rings. The molecule has 0 atom stereocenters. The second-order valence-corrected chi connectivity index (χ2v) is 15.7. The van der Waals surface area contributed by atoms with Crippen LogP contribution in [0, 0.1) is 0 Å². The van der Waals surface area contributed by atoms with Crippen molar-refractivity contribution in [3.8, 4) is 67.2 Å². The number of rotatable bonds is 6. The van der Waals surface area contributed by atoms with Crippen LogP contribution in [-0.2, 0) is 0 Å². The molecule has 2 heterocycles. The zero-order valence-corrected chi connectivity index (χ0v) is 33.1. The van der Waals surface area contributed by atoms with E-state index < -0.39 is 0 Å². The number of fused-ring (bicyclic) bond motifs is 9. The molecule has 0 saturated heterocycles. The summed E-state index contributed by atoms with van der Waals surface area (Å²) in [6.07, 6.45) is 0. The molecule has 284 valence electrons. The fraction of sp³-hybridized carbons (Fsp3) is 0. The lowest BCUT2D eigenvalue weighted by Crippen LogP contribution is -1.94. The van der Waals surface area contributed by atoms with Gasteiger partial charge >= 0.3 is 0 Å². The van der Waals surface area contributed by atoms with Crippen molar-refractivity contribution in [3.05, 3.63) is 218 Å². The Balaban J connectivity index is 1.02. The van der Waals surface area contributed by atoms with Crippen LogP contribution >= 0.6 is 0 Å². The Hall–Kier alpha value is -8.14. The molecule has 0 amide bonds. The summed E-state index contributed by atoms with van der Waals surface area (Å²) >= 11 is 0. The highest BCUT2D eigenvalue weighted by Crippen LogP contribution is 2.41. The molecule has 3 nitrogen and oxygen atoms in total. The fourth-order valence-corrected chi connectivity index (χ4v) is 9.03. The van der Waals surface area contributed by atoms with E-state index in [0.717, 1.165) is 66.7 Å². The predicted octanol–water partition coefficient (Wildman–Crippen LogP) is 15.8. The zero-order chi connectivity index (χ0) is 40.3. The highest BCUT2D eigenvalue weighted by Gasteiger charge is 2.20. The largest absolute Gasteiger partial charge is 0.452 e. The lowest BCUT2D eigenvalue weighted by Gasteiger charge is -2.13. The van der Waals surface area contributed by atoms with Gasteiger partial charge in [0.25, 0.3) is 0 Å². The molecular weight excluding hydrogens is 741 g/mol. The number of hydrogen-bond donors (Lipinski definition) is 0. The smallest absolute Gasteiger partial charge is 0.180 e. The van der Waals surface area contributed by atoms with E-state index in [0.29, 0.717) is 11.4 Å². The van der Waals surface area contributed by atoms with Crippen LogP contribution in [-0.4, -0.2) is 9.97 Å². The van der Waals surface area contributed by atoms with Crippen molar-refractivity contribution < 1.29 is 4.42 Å². The average Bonchev–Trinajstić information content (AvgIpc) is 3.72. The van der Waals surface area contributed by atoms with Crippen molar-refractivity contribution in [2.45, 2.75) is 0 Å². The topological polar surface area (TPSA) is 38.9 Å². The summed E-state index contributed by atoms with van der Waals surface area (Å²) in [7, 11) is 0. The summed E-state index contributed by atoms with van der Waals surface area (Å²) in [6.45, 7) is 0. The number of benzene rings is 10. The molecule has 10 aromatic carbocycles. The Morgan fingerprint density at radius 2 is 0.672 bits per heavy atom. The maximum Gasteiger partial charge on any atom is 0.180 e. The first-order valence-corrected chi connectivity index (χ1v) is 20.7. The third-order valence-electron chi connectivity index (χ3n) is 12.1. The lowest BCUT2D eigenvalue weighted by molar-refractivity contribution is 0.667. The minimum Gasteiger partial charge on any atom is -0.452 e. The Morgan fingerprint density at radius 1 is 0.262 bits per heavy atom. The van der Waals surface area contributed by atoms with Gasteiger partial charge in [-0.05, 0) is 107 Å². The summed E-state index contributed by atoms with van der Waals surface area (Å²) in [5.41, 5.74) is 14.0. The Bertz CT molecular complexity index is 3590. The predicted molar refractivity (Wildman–Crippen MR) is 254 cm³/mol. The molecule has 0 spiro atoms. The molecule has 0 aliphatic rings. The van der Waals surface area contributed by atoms with E-state index in [2.05, 4.69) is 206 Å². The van der Waals surface area contributed by atoms with Gasteiger partial charge in [-0.1, -0.05) is 188 Å². The second kappa shape index (κ2) is 14.3. The molecule has 0 unspecified atom stereocenters. The van der Waals surface area contributed by atoms with Crippen molar-refractivity contribution in [2.24, 2.45) is 0 Å². The van der Waals surface area contributed by atoms with Crippen molar-refractivity contribution in [1.82, 2.24) is 9.97 Å². The standard InChI is InChI=1S/C58H36N2O/c1-3-13-37(14-4-1)39-25-27-40(28-26-39)44-30-32-52-54(36-44)61-57-55(59-58(60-56(52)57)46-20-12-17-41(34-46)38-15-5-2-6-16-38)45-19-11-18-42(33-45)43-29-31-51-49-23-8-7-21-47(49)48-22-9-10-24-50(48)53(51)35-43/h1-36H. The highest BCUT2D eigenvalue weighted by molar-refractivity contribution is 6.25. The average molecular weight is 777 g/mol. The molecule has 0 bridgehead atoms. The van der Waals surface area contributed by atoms with E-state index in [4.69, 9.17) is 14.4 Å². The first-order chi connectivity index (χ1) is 30.2. The van der Waals surface area contributed by atoms with E-state index in [1.54, 1.807) is 0 Å². The number of furan rings is 1. The molecule has 0 N–H and O–H groups in total. The number of hydrogen-bond acceptors (Lipinski definition) is 3. The minimum absolute atomic E-state index is 0.651. The van der Waals surface area contributed by atoms with Gasteiger partial charge in [-0.25, -0.2) is 9.97 Å². The van der Waals surface area contributed by atoms with Gasteiger partial charge in [0.1, 0.15) is 16.8 Å². The van der Waals surface area contributed by atoms with Crippen molar-refractivity contribution in [3.63, 3.8) is 0 Å². The molecule has 0 aliphatic carbocycles. The van der Waals surface area contributed by atoms with Crippen LogP contribution in [0.5, 0.6) is 0 Å².